The lowest BCUT2D eigenvalue weighted by Crippen LogP contribution is -2.00. The van der Waals surface area contributed by atoms with Gasteiger partial charge in [-0.3, -0.25) is 0 Å². The summed E-state index contributed by atoms with van der Waals surface area (Å²) in [7, 11) is 1.39. The molecule has 0 aromatic heterocycles. The molecule has 0 unspecified atom stereocenters. The molecule has 0 heterocycles. The molecule has 0 saturated heterocycles. The predicted octanol–water partition coefficient (Wildman–Crippen LogP) is 6.78. The number of thioether (sulfide) groups is 1. The van der Waals surface area contributed by atoms with Crippen LogP contribution in [0.2, 0.25) is 0 Å². The number of unbranched alkanes of at least 4 members (excludes halogenated alkanes) is 6. The summed E-state index contributed by atoms with van der Waals surface area (Å²) in [6.45, 7) is 2.25. The second-order valence-electron chi connectivity index (χ2n) is 5.97. The summed E-state index contributed by atoms with van der Waals surface area (Å²) < 4.78 is 4.73. The van der Waals surface area contributed by atoms with Crippen LogP contribution in [0.5, 0.6) is 0 Å². The summed E-state index contributed by atoms with van der Waals surface area (Å²) in [6.07, 6.45) is 15.8. The molecule has 0 aliphatic carbocycles. The van der Waals surface area contributed by atoms with Crippen molar-refractivity contribution in [3.8, 4) is 11.8 Å². The van der Waals surface area contributed by atoms with Gasteiger partial charge in [-0.15, -0.1) is 5.92 Å². The second-order valence-corrected chi connectivity index (χ2v) is 6.95. The minimum absolute atomic E-state index is 0.309. The van der Waals surface area contributed by atoms with E-state index in [1.165, 1.54) is 45.6 Å². The first-order valence-corrected chi connectivity index (χ1v) is 10.3. The van der Waals surface area contributed by atoms with Crippen molar-refractivity contribution in [2.75, 3.05) is 7.11 Å². The molecule has 0 spiro atoms. The Morgan fingerprint density at radius 1 is 1.12 bits per heavy atom. The van der Waals surface area contributed by atoms with E-state index in [0.29, 0.717) is 5.56 Å². The van der Waals surface area contributed by atoms with Crippen molar-refractivity contribution in [2.24, 2.45) is 0 Å². The van der Waals surface area contributed by atoms with Crippen LogP contribution in [0.25, 0.3) is 0 Å². The number of methoxy groups -OCH3 is 1. The molecule has 140 valence electrons. The first-order valence-electron chi connectivity index (χ1n) is 9.40. The second kappa shape index (κ2) is 15.3. The standard InChI is InChI=1S/C23H30O2S/c1-3-4-5-6-7-8-9-10-11-12-13-14-15-19-26-22-18-16-17-21(20-22)23(24)25-2/h13-20H,3-9,12H2,1-2H3/b14-13-,19-15+. The lowest BCUT2D eigenvalue weighted by Gasteiger charge is -2.00. The molecule has 0 saturated carbocycles. The molecule has 0 aliphatic rings. The maximum absolute atomic E-state index is 11.5. The highest BCUT2D eigenvalue weighted by Gasteiger charge is 2.04. The highest BCUT2D eigenvalue weighted by atomic mass is 32.2. The van der Waals surface area contributed by atoms with E-state index < -0.39 is 0 Å². The van der Waals surface area contributed by atoms with Crippen LogP contribution >= 0.6 is 11.8 Å². The van der Waals surface area contributed by atoms with Gasteiger partial charge in [0.25, 0.3) is 0 Å². The fraction of sp³-hybridized carbons (Fsp3) is 0.435. The zero-order valence-corrected chi connectivity index (χ0v) is 16.8. The Bertz CT molecular complexity index is 635. The van der Waals surface area contributed by atoms with E-state index >= 15 is 0 Å². The van der Waals surface area contributed by atoms with Crippen molar-refractivity contribution >= 4 is 17.7 Å². The minimum Gasteiger partial charge on any atom is -0.465 e. The van der Waals surface area contributed by atoms with Gasteiger partial charge in [0.1, 0.15) is 0 Å². The first kappa shape index (κ1) is 22.1. The molecule has 26 heavy (non-hydrogen) atoms. The number of hydrogen-bond donors (Lipinski definition) is 0. The zero-order valence-electron chi connectivity index (χ0n) is 16.0. The summed E-state index contributed by atoms with van der Waals surface area (Å²) in [6, 6.07) is 7.41. The minimum atomic E-state index is -0.309. The van der Waals surface area contributed by atoms with Crippen molar-refractivity contribution in [2.45, 2.75) is 63.2 Å². The van der Waals surface area contributed by atoms with E-state index in [-0.39, 0.29) is 5.97 Å². The van der Waals surface area contributed by atoms with Crippen LogP contribution in [-0.4, -0.2) is 13.1 Å². The molecular weight excluding hydrogens is 340 g/mol. The molecule has 0 aliphatic heterocycles. The monoisotopic (exact) mass is 370 g/mol. The van der Waals surface area contributed by atoms with E-state index in [4.69, 9.17) is 4.74 Å². The topological polar surface area (TPSA) is 26.3 Å². The van der Waals surface area contributed by atoms with Crippen LogP contribution < -0.4 is 0 Å². The molecule has 2 nitrogen and oxygen atoms in total. The highest BCUT2D eigenvalue weighted by molar-refractivity contribution is 8.02. The van der Waals surface area contributed by atoms with Gasteiger partial charge >= 0.3 is 5.97 Å². The van der Waals surface area contributed by atoms with Gasteiger partial charge in [0.2, 0.25) is 0 Å². The van der Waals surface area contributed by atoms with E-state index in [1.807, 2.05) is 35.8 Å². The van der Waals surface area contributed by atoms with E-state index in [0.717, 1.165) is 17.7 Å². The molecule has 0 amide bonds. The van der Waals surface area contributed by atoms with Gasteiger partial charge < -0.3 is 4.74 Å². The predicted molar refractivity (Wildman–Crippen MR) is 112 cm³/mol. The Labute approximate surface area is 163 Å². The molecule has 1 aromatic carbocycles. The van der Waals surface area contributed by atoms with Crippen molar-refractivity contribution in [3.63, 3.8) is 0 Å². The molecule has 0 N–H and O–H groups in total. The number of hydrogen-bond acceptors (Lipinski definition) is 3. The summed E-state index contributed by atoms with van der Waals surface area (Å²) in [5.41, 5.74) is 0.571. The fourth-order valence-electron chi connectivity index (χ4n) is 2.34. The van der Waals surface area contributed by atoms with E-state index in [9.17, 15) is 4.79 Å². The average Bonchev–Trinajstić information content (AvgIpc) is 2.68. The molecule has 0 radical (unpaired) electrons. The molecule has 0 atom stereocenters. The van der Waals surface area contributed by atoms with Gasteiger partial charge in [0.05, 0.1) is 12.7 Å². The van der Waals surface area contributed by atoms with Gasteiger partial charge in [0.15, 0.2) is 0 Å². The summed E-state index contributed by atoms with van der Waals surface area (Å²) in [5.74, 6) is 6.13. The van der Waals surface area contributed by atoms with Crippen LogP contribution in [0.15, 0.2) is 52.8 Å². The number of benzene rings is 1. The Hall–Kier alpha value is -1.92. The molecule has 1 rings (SSSR count). The van der Waals surface area contributed by atoms with Gasteiger partial charge in [-0.25, -0.2) is 4.79 Å². The number of carbonyl (C=O) groups excluding carboxylic acids is 1. The average molecular weight is 371 g/mol. The van der Waals surface area contributed by atoms with Crippen molar-refractivity contribution in [1.29, 1.82) is 0 Å². The molecule has 3 heteroatoms. The van der Waals surface area contributed by atoms with Crippen molar-refractivity contribution in [1.82, 2.24) is 0 Å². The summed E-state index contributed by atoms with van der Waals surface area (Å²) in [4.78, 5) is 12.5. The number of allylic oxidation sites excluding steroid dienone is 3. The summed E-state index contributed by atoms with van der Waals surface area (Å²) in [5, 5.41) is 2.00. The molecule has 1 aromatic rings. The summed E-state index contributed by atoms with van der Waals surface area (Å²) >= 11 is 1.57. The Morgan fingerprint density at radius 2 is 1.92 bits per heavy atom. The maximum atomic E-state index is 11.5. The largest absolute Gasteiger partial charge is 0.465 e. The fourth-order valence-corrected chi connectivity index (χ4v) is 3.02. The molecular formula is C23H30O2S. The lowest BCUT2D eigenvalue weighted by atomic mass is 10.1. The third-order valence-electron chi connectivity index (χ3n) is 3.79. The van der Waals surface area contributed by atoms with E-state index in [2.05, 4.69) is 24.8 Å². The van der Waals surface area contributed by atoms with Crippen LogP contribution in [0.3, 0.4) is 0 Å². The smallest absolute Gasteiger partial charge is 0.337 e. The third-order valence-corrected chi connectivity index (χ3v) is 4.60. The Morgan fingerprint density at radius 3 is 2.73 bits per heavy atom. The molecule has 0 bridgehead atoms. The van der Waals surface area contributed by atoms with Crippen molar-refractivity contribution < 1.29 is 9.53 Å². The van der Waals surface area contributed by atoms with Crippen LogP contribution in [0.1, 0.15) is 68.6 Å². The highest BCUT2D eigenvalue weighted by Crippen LogP contribution is 2.20. The van der Waals surface area contributed by atoms with E-state index in [1.54, 1.807) is 17.8 Å². The maximum Gasteiger partial charge on any atom is 0.337 e. The normalized spacial score (nSPS) is 10.8. The quantitative estimate of drug-likeness (QED) is 0.141. The Balaban J connectivity index is 2.17. The van der Waals surface area contributed by atoms with Crippen LogP contribution in [-0.2, 0) is 4.74 Å². The first-order chi connectivity index (χ1) is 12.8. The Kier molecular flexibility index (Phi) is 13.1. The zero-order chi connectivity index (χ0) is 18.9. The lowest BCUT2D eigenvalue weighted by molar-refractivity contribution is 0.0600. The van der Waals surface area contributed by atoms with Gasteiger partial charge in [-0.05, 0) is 30.0 Å². The van der Waals surface area contributed by atoms with Gasteiger partial charge in [-0.2, -0.15) is 0 Å². The van der Waals surface area contributed by atoms with Crippen LogP contribution in [0.4, 0.5) is 0 Å². The number of ether oxygens (including phenoxy) is 1. The van der Waals surface area contributed by atoms with Crippen molar-refractivity contribution in [3.05, 3.63) is 53.5 Å². The third kappa shape index (κ3) is 10.8. The number of rotatable bonds is 11. The molecule has 0 fully saturated rings. The van der Waals surface area contributed by atoms with Gasteiger partial charge in [0, 0.05) is 17.7 Å². The SMILES string of the molecule is CCCCCCCCC#CC/C=C\C=C\Sc1cccc(C(=O)OC)c1. The number of esters is 1. The van der Waals surface area contributed by atoms with Gasteiger partial charge in [-0.1, -0.05) is 81.0 Å². The number of carbonyl (C=O) groups is 1. The van der Waals surface area contributed by atoms with Crippen LogP contribution in [0, 0.1) is 11.8 Å².